The van der Waals surface area contributed by atoms with E-state index in [1.54, 1.807) is 29.8 Å². The molecule has 9 heteroatoms. The second-order valence-corrected chi connectivity index (χ2v) is 9.23. The van der Waals surface area contributed by atoms with Gasteiger partial charge in [0.15, 0.2) is 0 Å². The molecule has 0 unspecified atom stereocenters. The maximum Gasteiger partial charge on any atom is 0.350 e. The second-order valence-electron chi connectivity index (χ2n) is 7.29. The maximum absolute atomic E-state index is 13.0. The highest BCUT2D eigenvalue weighted by Crippen LogP contribution is 2.31. The Morgan fingerprint density at radius 3 is 2.40 bits per heavy atom. The Bertz CT molecular complexity index is 1190. The Labute approximate surface area is 175 Å². The minimum Gasteiger partial charge on any atom is -0.497 e. The molecule has 1 saturated heterocycles. The smallest absolute Gasteiger partial charge is 0.350 e. The van der Waals surface area contributed by atoms with Gasteiger partial charge in [-0.25, -0.2) is 22.5 Å². The average Bonchev–Trinajstić information content (AvgIpc) is 3.08. The first kappa shape index (κ1) is 20.4. The molecule has 0 aliphatic carbocycles. The van der Waals surface area contributed by atoms with Crippen molar-refractivity contribution in [2.75, 3.05) is 20.2 Å². The van der Waals surface area contributed by atoms with Crippen LogP contribution in [0.3, 0.4) is 0 Å². The lowest BCUT2D eigenvalue weighted by atomic mass is 9.97. The fraction of sp³-hybridized carbons (Fsp3) is 0.333. The van der Waals surface area contributed by atoms with E-state index in [0.717, 1.165) is 5.69 Å². The number of ether oxygens (including phenoxy) is 1. The summed E-state index contributed by atoms with van der Waals surface area (Å²) in [7, 11) is -0.463. The Hall–Kier alpha value is -2.91. The first-order chi connectivity index (χ1) is 14.4. The molecule has 2 heterocycles. The molecule has 3 aromatic rings. The maximum atomic E-state index is 13.0. The van der Waals surface area contributed by atoms with Crippen LogP contribution in [0.15, 0.2) is 64.3 Å². The molecular formula is C21H24N4O4S. The quantitative estimate of drug-likeness (QED) is 0.622. The summed E-state index contributed by atoms with van der Waals surface area (Å²) in [6.45, 7) is 0.730. The topological polar surface area (TPSA) is 86.4 Å². The van der Waals surface area contributed by atoms with E-state index in [0.29, 0.717) is 37.5 Å². The summed E-state index contributed by atoms with van der Waals surface area (Å²) in [4.78, 5) is 12.9. The fourth-order valence-corrected chi connectivity index (χ4v) is 5.34. The summed E-state index contributed by atoms with van der Waals surface area (Å²) in [5.41, 5.74) is 0.555. The third-order valence-corrected chi connectivity index (χ3v) is 7.36. The number of aromatic nitrogens is 3. The lowest BCUT2D eigenvalue weighted by molar-refractivity contribution is 0.311. The number of sulfonamides is 1. The molecule has 2 aromatic carbocycles. The Morgan fingerprint density at radius 1 is 1.03 bits per heavy atom. The molecule has 4 rings (SSSR count). The van der Waals surface area contributed by atoms with Gasteiger partial charge in [-0.05, 0) is 37.1 Å². The molecule has 8 nitrogen and oxygen atoms in total. The van der Waals surface area contributed by atoms with E-state index >= 15 is 0 Å². The number of aryl methyl sites for hydroxylation is 1. The highest BCUT2D eigenvalue weighted by atomic mass is 32.2. The van der Waals surface area contributed by atoms with Crippen LogP contribution in [0.5, 0.6) is 5.75 Å². The van der Waals surface area contributed by atoms with Crippen molar-refractivity contribution in [1.29, 1.82) is 0 Å². The van der Waals surface area contributed by atoms with Gasteiger partial charge in [0.25, 0.3) is 0 Å². The highest BCUT2D eigenvalue weighted by molar-refractivity contribution is 7.89. The van der Waals surface area contributed by atoms with Crippen molar-refractivity contribution in [3.8, 4) is 11.4 Å². The third kappa shape index (κ3) is 3.66. The summed E-state index contributed by atoms with van der Waals surface area (Å²) in [5.74, 6) is 1.18. The van der Waals surface area contributed by atoms with Gasteiger partial charge in [-0.2, -0.15) is 9.40 Å². The van der Waals surface area contributed by atoms with Gasteiger partial charge in [-0.3, -0.25) is 0 Å². The van der Waals surface area contributed by atoms with Crippen molar-refractivity contribution in [2.45, 2.75) is 23.7 Å². The predicted molar refractivity (Wildman–Crippen MR) is 113 cm³/mol. The lowest BCUT2D eigenvalue weighted by Crippen LogP contribution is -2.38. The second kappa shape index (κ2) is 8.08. The summed E-state index contributed by atoms with van der Waals surface area (Å²) < 4.78 is 35.7. The van der Waals surface area contributed by atoms with Crippen LogP contribution in [-0.4, -0.2) is 47.3 Å². The summed E-state index contributed by atoms with van der Waals surface area (Å²) in [6.07, 6.45) is 1.18. The zero-order valence-corrected chi connectivity index (χ0v) is 17.7. The van der Waals surface area contributed by atoms with Gasteiger partial charge < -0.3 is 4.74 Å². The molecule has 0 amide bonds. The van der Waals surface area contributed by atoms with Crippen molar-refractivity contribution in [2.24, 2.45) is 7.05 Å². The van der Waals surface area contributed by atoms with Gasteiger partial charge in [-0.15, -0.1) is 0 Å². The minimum absolute atomic E-state index is 0.00383. The monoisotopic (exact) mass is 428 g/mol. The average molecular weight is 429 g/mol. The van der Waals surface area contributed by atoms with Crippen LogP contribution in [-0.2, 0) is 17.1 Å². The molecule has 0 N–H and O–H groups in total. The number of para-hydroxylation sites is 1. The van der Waals surface area contributed by atoms with Crippen LogP contribution in [0.2, 0.25) is 0 Å². The molecule has 0 spiro atoms. The molecule has 0 radical (unpaired) electrons. The Kier molecular flexibility index (Phi) is 5.48. The zero-order chi connectivity index (χ0) is 21.3. The summed E-state index contributed by atoms with van der Waals surface area (Å²) in [5, 5.41) is 4.46. The van der Waals surface area contributed by atoms with E-state index in [1.165, 1.54) is 22.2 Å². The third-order valence-electron chi connectivity index (χ3n) is 5.46. The van der Waals surface area contributed by atoms with Crippen molar-refractivity contribution in [3.63, 3.8) is 0 Å². The Morgan fingerprint density at radius 2 is 1.73 bits per heavy atom. The molecule has 1 aromatic heterocycles. The number of hydrogen-bond donors (Lipinski definition) is 0. The number of rotatable bonds is 5. The van der Waals surface area contributed by atoms with Gasteiger partial charge in [0.05, 0.1) is 17.7 Å². The Balaban J connectivity index is 1.57. The molecular weight excluding hydrogens is 404 g/mol. The van der Waals surface area contributed by atoms with Crippen LogP contribution in [0.1, 0.15) is 24.6 Å². The standard InChI is InChI=1S/C21H24N4O4S/c1-23-21(26)25(17-7-4-3-5-8-17)20(22-23)16-11-13-24(14-12-16)30(27,28)19-10-6-9-18(15-19)29-2/h3-10,15-16H,11-14H2,1-2H3. The van der Waals surface area contributed by atoms with E-state index in [-0.39, 0.29) is 16.5 Å². The van der Waals surface area contributed by atoms with Gasteiger partial charge in [-0.1, -0.05) is 24.3 Å². The molecule has 1 aliphatic heterocycles. The number of piperidine rings is 1. The number of nitrogens with zero attached hydrogens (tertiary/aromatic N) is 4. The van der Waals surface area contributed by atoms with Crippen LogP contribution in [0.4, 0.5) is 0 Å². The SMILES string of the molecule is COc1cccc(S(=O)(=O)N2CCC(c3nn(C)c(=O)n3-c3ccccc3)CC2)c1. The predicted octanol–water partition coefficient (Wildman–Crippen LogP) is 2.15. The summed E-state index contributed by atoms with van der Waals surface area (Å²) >= 11 is 0. The van der Waals surface area contributed by atoms with Crippen LogP contribution in [0, 0.1) is 0 Å². The van der Waals surface area contributed by atoms with Crippen molar-refractivity contribution >= 4 is 10.0 Å². The van der Waals surface area contributed by atoms with Crippen LogP contribution < -0.4 is 10.4 Å². The molecule has 1 fully saturated rings. The normalized spacial score (nSPS) is 15.9. The largest absolute Gasteiger partial charge is 0.497 e. The zero-order valence-electron chi connectivity index (χ0n) is 16.9. The molecule has 0 saturated carbocycles. The first-order valence-corrected chi connectivity index (χ1v) is 11.2. The molecule has 158 valence electrons. The number of hydrogen-bond acceptors (Lipinski definition) is 5. The van der Waals surface area contributed by atoms with Gasteiger partial charge in [0, 0.05) is 32.1 Å². The van der Waals surface area contributed by atoms with E-state index < -0.39 is 10.0 Å². The fourth-order valence-electron chi connectivity index (χ4n) is 3.83. The van der Waals surface area contributed by atoms with Gasteiger partial charge >= 0.3 is 5.69 Å². The van der Waals surface area contributed by atoms with Crippen LogP contribution in [0.25, 0.3) is 5.69 Å². The van der Waals surface area contributed by atoms with E-state index in [9.17, 15) is 13.2 Å². The van der Waals surface area contributed by atoms with Crippen molar-refractivity contribution in [1.82, 2.24) is 18.7 Å². The summed E-state index contributed by atoms with van der Waals surface area (Å²) in [6, 6.07) is 15.9. The van der Waals surface area contributed by atoms with Gasteiger partial charge in [0.2, 0.25) is 10.0 Å². The molecule has 1 aliphatic rings. The van der Waals surface area contributed by atoms with E-state index in [1.807, 2.05) is 30.3 Å². The lowest BCUT2D eigenvalue weighted by Gasteiger charge is -2.30. The molecule has 0 bridgehead atoms. The first-order valence-electron chi connectivity index (χ1n) is 9.77. The van der Waals surface area contributed by atoms with Crippen LogP contribution >= 0.6 is 0 Å². The van der Waals surface area contributed by atoms with E-state index in [4.69, 9.17) is 4.74 Å². The van der Waals surface area contributed by atoms with E-state index in [2.05, 4.69) is 5.10 Å². The molecule has 0 atom stereocenters. The van der Waals surface area contributed by atoms with Crippen molar-refractivity contribution in [3.05, 3.63) is 70.9 Å². The van der Waals surface area contributed by atoms with Crippen molar-refractivity contribution < 1.29 is 13.2 Å². The minimum atomic E-state index is -3.61. The van der Waals surface area contributed by atoms with Gasteiger partial charge in [0.1, 0.15) is 11.6 Å². The number of methoxy groups -OCH3 is 1. The number of benzene rings is 2. The molecule has 30 heavy (non-hydrogen) atoms. The highest BCUT2D eigenvalue weighted by Gasteiger charge is 2.32.